The fraction of sp³-hybridized carbons (Fsp3) is 0.222. The summed E-state index contributed by atoms with van der Waals surface area (Å²) in [6, 6.07) is 21.5. The topological polar surface area (TPSA) is 83.9 Å². The van der Waals surface area contributed by atoms with Crippen molar-refractivity contribution < 1.29 is 24.2 Å². The molecule has 7 rings (SSSR count). The number of amides is 2. The first-order chi connectivity index (χ1) is 16.0. The zero-order valence-electron chi connectivity index (χ0n) is 17.9. The minimum absolute atomic E-state index is 0.353. The predicted molar refractivity (Wildman–Crippen MR) is 120 cm³/mol. The zero-order valence-corrected chi connectivity index (χ0v) is 17.9. The van der Waals surface area contributed by atoms with Gasteiger partial charge in [-0.05, 0) is 53.4 Å². The van der Waals surface area contributed by atoms with Gasteiger partial charge in [-0.15, -0.1) is 0 Å². The summed E-state index contributed by atoms with van der Waals surface area (Å²) in [6.07, 6.45) is 0. The van der Waals surface area contributed by atoms with Crippen LogP contribution in [0.1, 0.15) is 35.1 Å². The standard InChI is InChI=1S/C27H21NO5/c1-2-33-16-13-11-15(12-14-16)28-24(29)22-21-17-7-3-5-9-19(17)27(26(31)32,23(22)25(28)30)20-10-6-4-8-18(20)21/h3-14,21-23H,2H2,1H3,(H,31,32). The van der Waals surface area contributed by atoms with E-state index in [1.807, 2.05) is 31.2 Å². The second-order valence-corrected chi connectivity index (χ2v) is 8.71. The molecule has 164 valence electrons. The van der Waals surface area contributed by atoms with E-state index in [-0.39, 0.29) is 11.8 Å². The number of ether oxygens (including phenoxy) is 1. The Balaban J connectivity index is 1.58. The molecule has 1 saturated heterocycles. The van der Waals surface area contributed by atoms with E-state index in [4.69, 9.17) is 4.74 Å². The molecule has 1 N–H and O–H groups in total. The molecule has 0 radical (unpaired) electrons. The Bertz CT molecular complexity index is 1280. The first-order valence-electron chi connectivity index (χ1n) is 11.0. The van der Waals surface area contributed by atoms with Gasteiger partial charge in [-0.3, -0.25) is 14.4 Å². The number of rotatable bonds is 4. The minimum Gasteiger partial charge on any atom is -0.494 e. The number of carbonyl (C=O) groups is 3. The maximum atomic E-state index is 13.9. The van der Waals surface area contributed by atoms with E-state index in [1.165, 1.54) is 4.90 Å². The van der Waals surface area contributed by atoms with E-state index in [0.717, 1.165) is 11.1 Å². The molecular weight excluding hydrogens is 418 g/mol. The van der Waals surface area contributed by atoms with Crippen molar-refractivity contribution >= 4 is 23.5 Å². The Morgan fingerprint density at radius 2 is 1.48 bits per heavy atom. The SMILES string of the molecule is CCOc1ccc(N2C(=O)C3C4c5ccccc5C(C(=O)O)(c5ccccc54)C3C2=O)cc1. The molecule has 0 spiro atoms. The average molecular weight is 439 g/mol. The van der Waals surface area contributed by atoms with E-state index in [0.29, 0.717) is 29.2 Å². The molecule has 1 aliphatic heterocycles. The summed E-state index contributed by atoms with van der Waals surface area (Å²) in [6.45, 7) is 2.38. The van der Waals surface area contributed by atoms with Crippen LogP contribution < -0.4 is 9.64 Å². The Hall–Kier alpha value is -3.93. The van der Waals surface area contributed by atoms with Crippen LogP contribution in [0.3, 0.4) is 0 Å². The van der Waals surface area contributed by atoms with Gasteiger partial charge in [-0.25, -0.2) is 4.90 Å². The number of carboxylic acid groups (broad SMARTS) is 1. The van der Waals surface area contributed by atoms with Crippen LogP contribution >= 0.6 is 0 Å². The van der Waals surface area contributed by atoms with Crippen LogP contribution in [0.2, 0.25) is 0 Å². The fourth-order valence-corrected chi connectivity index (χ4v) is 6.25. The van der Waals surface area contributed by atoms with Crippen molar-refractivity contribution in [1.29, 1.82) is 0 Å². The molecule has 33 heavy (non-hydrogen) atoms. The van der Waals surface area contributed by atoms with Crippen molar-refractivity contribution in [3.8, 4) is 5.75 Å². The number of carbonyl (C=O) groups excluding carboxylic acids is 2. The molecular formula is C27H21NO5. The Labute approximate surface area is 190 Å². The number of nitrogens with zero attached hydrogens (tertiary/aromatic N) is 1. The molecule has 0 saturated carbocycles. The zero-order chi connectivity index (χ0) is 22.9. The van der Waals surface area contributed by atoms with Crippen LogP contribution in [0.4, 0.5) is 5.69 Å². The summed E-state index contributed by atoms with van der Waals surface area (Å²) in [7, 11) is 0. The van der Waals surface area contributed by atoms with Gasteiger partial charge in [0.05, 0.1) is 24.1 Å². The third-order valence-corrected chi connectivity index (χ3v) is 7.36. The van der Waals surface area contributed by atoms with Gasteiger partial charge in [0, 0.05) is 5.92 Å². The molecule has 3 aromatic rings. The molecule has 2 unspecified atom stereocenters. The van der Waals surface area contributed by atoms with Crippen molar-refractivity contribution in [1.82, 2.24) is 0 Å². The van der Waals surface area contributed by atoms with Gasteiger partial charge in [0.1, 0.15) is 11.2 Å². The summed E-state index contributed by atoms with van der Waals surface area (Å²) < 4.78 is 5.48. The second kappa shape index (κ2) is 6.78. The molecule has 1 fully saturated rings. The molecule has 2 bridgehead atoms. The van der Waals surface area contributed by atoms with Crippen LogP contribution in [-0.2, 0) is 19.8 Å². The van der Waals surface area contributed by atoms with E-state index in [1.54, 1.807) is 48.5 Å². The van der Waals surface area contributed by atoms with Gasteiger partial charge in [0.25, 0.3) is 0 Å². The Kier molecular flexibility index (Phi) is 4.06. The smallest absolute Gasteiger partial charge is 0.319 e. The van der Waals surface area contributed by atoms with E-state index >= 15 is 0 Å². The van der Waals surface area contributed by atoms with Crippen molar-refractivity contribution in [2.75, 3.05) is 11.5 Å². The second-order valence-electron chi connectivity index (χ2n) is 8.71. The van der Waals surface area contributed by atoms with Crippen LogP contribution in [0.25, 0.3) is 0 Å². The highest BCUT2D eigenvalue weighted by Crippen LogP contribution is 2.64. The number of aliphatic carboxylic acids is 1. The number of carboxylic acids is 1. The summed E-state index contributed by atoms with van der Waals surface area (Å²) in [5.74, 6) is -3.44. The number of benzene rings is 3. The van der Waals surface area contributed by atoms with Crippen LogP contribution in [0.5, 0.6) is 5.75 Å². The lowest BCUT2D eigenvalue weighted by Gasteiger charge is -2.51. The maximum Gasteiger partial charge on any atom is 0.319 e. The van der Waals surface area contributed by atoms with Crippen LogP contribution in [0.15, 0.2) is 72.8 Å². The van der Waals surface area contributed by atoms with Gasteiger partial charge in [-0.1, -0.05) is 48.5 Å². The lowest BCUT2D eigenvalue weighted by molar-refractivity contribution is -0.149. The van der Waals surface area contributed by atoms with Crippen molar-refractivity contribution in [3.05, 3.63) is 95.1 Å². The molecule has 1 heterocycles. The average Bonchev–Trinajstić information content (AvgIpc) is 3.10. The molecule has 0 aromatic heterocycles. The van der Waals surface area contributed by atoms with Crippen molar-refractivity contribution in [3.63, 3.8) is 0 Å². The predicted octanol–water partition coefficient (Wildman–Crippen LogP) is 3.72. The minimum atomic E-state index is -1.61. The summed E-state index contributed by atoms with van der Waals surface area (Å²) in [5, 5.41) is 10.7. The highest BCUT2D eigenvalue weighted by atomic mass is 16.5. The van der Waals surface area contributed by atoms with E-state index < -0.39 is 29.1 Å². The fourth-order valence-electron chi connectivity index (χ4n) is 6.25. The number of hydrogen-bond donors (Lipinski definition) is 1. The largest absolute Gasteiger partial charge is 0.494 e. The third kappa shape index (κ3) is 2.30. The highest BCUT2D eigenvalue weighted by molar-refractivity contribution is 6.25. The van der Waals surface area contributed by atoms with Crippen LogP contribution in [0, 0.1) is 11.8 Å². The molecule has 6 nitrogen and oxygen atoms in total. The Morgan fingerprint density at radius 3 is 2.03 bits per heavy atom. The number of imide groups is 1. The lowest BCUT2D eigenvalue weighted by atomic mass is 9.47. The molecule has 3 aliphatic carbocycles. The quantitative estimate of drug-likeness (QED) is 0.627. The number of hydrogen-bond acceptors (Lipinski definition) is 4. The van der Waals surface area contributed by atoms with Crippen molar-refractivity contribution in [2.45, 2.75) is 18.3 Å². The van der Waals surface area contributed by atoms with Gasteiger partial charge in [-0.2, -0.15) is 0 Å². The molecule has 3 aromatic carbocycles. The number of anilines is 1. The first kappa shape index (κ1) is 19.7. The molecule has 6 heteroatoms. The summed E-state index contributed by atoms with van der Waals surface area (Å²) in [5.41, 5.74) is 1.66. The normalized spacial score (nSPS) is 26.6. The molecule has 2 atom stereocenters. The van der Waals surface area contributed by atoms with Crippen LogP contribution in [-0.4, -0.2) is 29.5 Å². The Morgan fingerprint density at radius 1 is 0.909 bits per heavy atom. The third-order valence-electron chi connectivity index (χ3n) is 7.36. The highest BCUT2D eigenvalue weighted by Gasteiger charge is 2.71. The van der Waals surface area contributed by atoms with Gasteiger partial charge >= 0.3 is 5.97 Å². The summed E-state index contributed by atoms with van der Waals surface area (Å²) >= 11 is 0. The van der Waals surface area contributed by atoms with E-state index in [2.05, 4.69) is 0 Å². The monoisotopic (exact) mass is 439 g/mol. The van der Waals surface area contributed by atoms with Crippen molar-refractivity contribution in [2.24, 2.45) is 11.8 Å². The van der Waals surface area contributed by atoms with Gasteiger partial charge in [0.2, 0.25) is 11.8 Å². The molecule has 2 amide bonds. The van der Waals surface area contributed by atoms with Gasteiger partial charge in [0.15, 0.2) is 0 Å². The molecule has 4 aliphatic rings. The summed E-state index contributed by atoms with van der Waals surface area (Å²) in [4.78, 5) is 42.0. The van der Waals surface area contributed by atoms with Gasteiger partial charge < -0.3 is 9.84 Å². The maximum absolute atomic E-state index is 13.9. The van der Waals surface area contributed by atoms with E-state index in [9.17, 15) is 19.5 Å². The lowest BCUT2D eigenvalue weighted by Crippen LogP contribution is -2.57. The first-order valence-corrected chi connectivity index (χ1v) is 11.0.